The first-order valence-corrected chi connectivity index (χ1v) is 8.94. The lowest BCUT2D eigenvalue weighted by Gasteiger charge is -2.29. The minimum atomic E-state index is -0.652. The molecule has 0 unspecified atom stereocenters. The standard InChI is InChI=1S/C17H26N2O3S/c1-6-7-8-19-11-17(4,5)23-15(19)18-14(21)13-9-12(20)10-16(2,3)22-13/h9H,6-8,10-11H2,1-5H3/b18-15-. The van der Waals surface area contributed by atoms with E-state index in [4.69, 9.17) is 4.74 Å². The summed E-state index contributed by atoms with van der Waals surface area (Å²) in [5.74, 6) is -0.501. The number of hydrogen-bond acceptors (Lipinski definition) is 4. The Labute approximate surface area is 142 Å². The molecule has 0 aromatic heterocycles. The maximum absolute atomic E-state index is 12.4. The number of ether oxygens (including phenoxy) is 1. The van der Waals surface area contributed by atoms with Gasteiger partial charge >= 0.3 is 5.91 Å². The fourth-order valence-corrected chi connectivity index (χ4v) is 3.84. The Balaban J connectivity index is 2.18. The molecule has 0 N–H and O–H groups in total. The summed E-state index contributed by atoms with van der Waals surface area (Å²) in [4.78, 5) is 30.6. The fourth-order valence-electron chi connectivity index (χ4n) is 2.72. The Bertz CT molecular complexity index is 564. The monoisotopic (exact) mass is 338 g/mol. The minimum absolute atomic E-state index is 0.0315. The van der Waals surface area contributed by atoms with Crippen LogP contribution in [-0.4, -0.2) is 45.2 Å². The highest BCUT2D eigenvalue weighted by Crippen LogP contribution is 2.36. The molecule has 0 bridgehead atoms. The summed E-state index contributed by atoms with van der Waals surface area (Å²) in [5, 5.41) is 0.730. The van der Waals surface area contributed by atoms with Gasteiger partial charge in [0.1, 0.15) is 5.60 Å². The van der Waals surface area contributed by atoms with Crippen molar-refractivity contribution in [3.05, 3.63) is 11.8 Å². The van der Waals surface area contributed by atoms with Crippen molar-refractivity contribution in [2.75, 3.05) is 13.1 Å². The topological polar surface area (TPSA) is 59.0 Å². The lowest BCUT2D eigenvalue weighted by Crippen LogP contribution is -2.33. The minimum Gasteiger partial charge on any atom is -0.481 e. The Morgan fingerprint density at radius 2 is 2.09 bits per heavy atom. The van der Waals surface area contributed by atoms with E-state index < -0.39 is 11.5 Å². The number of amides is 1. The van der Waals surface area contributed by atoms with E-state index >= 15 is 0 Å². The predicted octanol–water partition coefficient (Wildman–Crippen LogP) is 3.15. The number of rotatable bonds is 4. The first-order valence-electron chi connectivity index (χ1n) is 8.12. The van der Waals surface area contributed by atoms with Crippen LogP contribution in [0.4, 0.5) is 0 Å². The van der Waals surface area contributed by atoms with E-state index in [9.17, 15) is 9.59 Å². The summed E-state index contributed by atoms with van der Waals surface area (Å²) in [5.41, 5.74) is -0.652. The number of carbonyl (C=O) groups is 2. The Kier molecular flexibility index (Phi) is 5.23. The Hall–Kier alpha value is -1.30. The quantitative estimate of drug-likeness (QED) is 0.788. The first-order chi connectivity index (χ1) is 10.6. The highest BCUT2D eigenvalue weighted by atomic mass is 32.2. The summed E-state index contributed by atoms with van der Waals surface area (Å²) >= 11 is 1.61. The number of allylic oxidation sites excluding steroid dienone is 1. The lowest BCUT2D eigenvalue weighted by molar-refractivity contribution is -0.129. The molecule has 2 aliphatic rings. The van der Waals surface area contributed by atoms with Crippen LogP contribution in [-0.2, 0) is 14.3 Å². The zero-order valence-electron chi connectivity index (χ0n) is 14.6. The molecule has 0 atom stereocenters. The number of thioether (sulfide) groups is 1. The molecule has 23 heavy (non-hydrogen) atoms. The molecule has 0 radical (unpaired) electrons. The molecule has 2 heterocycles. The summed E-state index contributed by atoms with van der Waals surface area (Å²) in [7, 11) is 0. The molecular weight excluding hydrogens is 312 g/mol. The third kappa shape index (κ3) is 4.83. The molecular formula is C17H26N2O3S. The van der Waals surface area contributed by atoms with Crippen molar-refractivity contribution in [1.29, 1.82) is 0 Å². The average Bonchev–Trinajstić information content (AvgIpc) is 2.68. The van der Waals surface area contributed by atoms with Crippen molar-refractivity contribution in [1.82, 2.24) is 4.90 Å². The van der Waals surface area contributed by atoms with Crippen LogP contribution in [0, 0.1) is 0 Å². The molecule has 2 aliphatic heterocycles. The molecule has 128 valence electrons. The fraction of sp³-hybridized carbons (Fsp3) is 0.706. The van der Waals surface area contributed by atoms with Gasteiger partial charge in [0.15, 0.2) is 16.7 Å². The van der Waals surface area contributed by atoms with E-state index in [0.717, 1.165) is 31.1 Å². The third-order valence-electron chi connectivity index (χ3n) is 3.68. The van der Waals surface area contributed by atoms with E-state index in [1.807, 2.05) is 0 Å². The molecule has 0 aliphatic carbocycles. The highest BCUT2D eigenvalue weighted by Gasteiger charge is 2.37. The maximum atomic E-state index is 12.4. The highest BCUT2D eigenvalue weighted by molar-refractivity contribution is 8.15. The number of amidine groups is 1. The predicted molar refractivity (Wildman–Crippen MR) is 93.5 cm³/mol. The molecule has 0 aromatic rings. The number of ketones is 1. The van der Waals surface area contributed by atoms with Gasteiger partial charge in [-0.1, -0.05) is 25.1 Å². The van der Waals surface area contributed by atoms with Crippen LogP contribution in [0.15, 0.2) is 16.8 Å². The van der Waals surface area contributed by atoms with Crippen LogP contribution < -0.4 is 0 Å². The summed E-state index contributed by atoms with van der Waals surface area (Å²) in [6.07, 6.45) is 3.72. The summed E-state index contributed by atoms with van der Waals surface area (Å²) in [6, 6.07) is 0. The Morgan fingerprint density at radius 3 is 2.70 bits per heavy atom. The van der Waals surface area contributed by atoms with Crippen LogP contribution in [0.1, 0.15) is 53.9 Å². The summed E-state index contributed by atoms with van der Waals surface area (Å²) < 4.78 is 5.67. The average molecular weight is 338 g/mol. The van der Waals surface area contributed by atoms with Gasteiger partial charge in [0, 0.05) is 30.3 Å². The number of nitrogens with zero attached hydrogens (tertiary/aromatic N) is 2. The van der Waals surface area contributed by atoms with E-state index in [2.05, 4.69) is 30.7 Å². The van der Waals surface area contributed by atoms with Crippen molar-refractivity contribution in [3.63, 3.8) is 0 Å². The SMILES string of the molecule is CCCCN1CC(C)(C)S/C1=N\C(=O)C1=CC(=O)CC(C)(C)O1. The van der Waals surface area contributed by atoms with Crippen LogP contribution in [0.3, 0.4) is 0 Å². The number of unbranched alkanes of at least 4 members (excludes halogenated alkanes) is 1. The van der Waals surface area contributed by atoms with Crippen LogP contribution in [0.5, 0.6) is 0 Å². The molecule has 1 saturated heterocycles. The number of hydrogen-bond donors (Lipinski definition) is 0. The number of carbonyl (C=O) groups excluding carboxylic acids is 2. The normalized spacial score (nSPS) is 24.6. The van der Waals surface area contributed by atoms with Crippen molar-refractivity contribution >= 4 is 28.6 Å². The zero-order valence-corrected chi connectivity index (χ0v) is 15.5. The van der Waals surface area contributed by atoms with Crippen LogP contribution in [0.2, 0.25) is 0 Å². The molecule has 2 rings (SSSR count). The molecule has 1 fully saturated rings. The third-order valence-corrected chi connectivity index (χ3v) is 4.89. The van der Waals surface area contributed by atoms with Gasteiger partial charge in [-0.3, -0.25) is 9.59 Å². The largest absolute Gasteiger partial charge is 0.481 e. The van der Waals surface area contributed by atoms with Gasteiger partial charge in [0.25, 0.3) is 0 Å². The zero-order chi connectivity index (χ0) is 17.3. The van der Waals surface area contributed by atoms with Crippen LogP contribution >= 0.6 is 11.8 Å². The molecule has 0 saturated carbocycles. The van der Waals surface area contributed by atoms with E-state index in [1.165, 1.54) is 6.08 Å². The second-order valence-corrected chi connectivity index (χ2v) is 9.02. The smallest absolute Gasteiger partial charge is 0.314 e. The van der Waals surface area contributed by atoms with Crippen molar-refractivity contribution < 1.29 is 14.3 Å². The van der Waals surface area contributed by atoms with Crippen LogP contribution in [0.25, 0.3) is 0 Å². The van der Waals surface area contributed by atoms with E-state index in [1.54, 1.807) is 25.6 Å². The van der Waals surface area contributed by atoms with Gasteiger partial charge in [-0.15, -0.1) is 0 Å². The van der Waals surface area contributed by atoms with Gasteiger partial charge in [-0.05, 0) is 34.1 Å². The number of aliphatic imine (C=N–C) groups is 1. The molecule has 0 spiro atoms. The van der Waals surface area contributed by atoms with Crippen molar-refractivity contribution in [2.24, 2.45) is 4.99 Å². The van der Waals surface area contributed by atoms with Gasteiger partial charge in [-0.2, -0.15) is 4.99 Å². The van der Waals surface area contributed by atoms with Gasteiger partial charge in [0.2, 0.25) is 0 Å². The maximum Gasteiger partial charge on any atom is 0.314 e. The van der Waals surface area contributed by atoms with E-state index in [-0.39, 0.29) is 22.7 Å². The second kappa shape index (κ2) is 6.67. The van der Waals surface area contributed by atoms with Crippen molar-refractivity contribution in [3.8, 4) is 0 Å². The second-order valence-electron chi connectivity index (χ2n) is 7.35. The molecule has 1 amide bonds. The molecule has 6 heteroatoms. The van der Waals surface area contributed by atoms with Gasteiger partial charge in [-0.25, -0.2) is 0 Å². The van der Waals surface area contributed by atoms with Gasteiger partial charge < -0.3 is 9.64 Å². The molecule has 5 nitrogen and oxygen atoms in total. The molecule has 0 aromatic carbocycles. The summed E-state index contributed by atoms with van der Waals surface area (Å²) in [6.45, 7) is 11.8. The Morgan fingerprint density at radius 1 is 1.39 bits per heavy atom. The lowest BCUT2D eigenvalue weighted by atomic mass is 9.98. The van der Waals surface area contributed by atoms with Gasteiger partial charge in [0.05, 0.1) is 0 Å². The van der Waals surface area contributed by atoms with E-state index in [0.29, 0.717) is 0 Å². The van der Waals surface area contributed by atoms with Crippen molar-refractivity contribution in [2.45, 2.75) is 64.2 Å². The first kappa shape index (κ1) is 18.0.